The molecule has 1 aliphatic rings. The summed E-state index contributed by atoms with van der Waals surface area (Å²) in [6, 6.07) is 0. The van der Waals surface area contributed by atoms with E-state index in [9.17, 15) is 9.90 Å². The summed E-state index contributed by atoms with van der Waals surface area (Å²) in [6.45, 7) is 6.18. The van der Waals surface area contributed by atoms with Gasteiger partial charge in [0.1, 0.15) is 5.60 Å². The van der Waals surface area contributed by atoms with Crippen LogP contribution < -0.4 is 5.32 Å². The second-order valence-electron chi connectivity index (χ2n) is 4.73. The summed E-state index contributed by atoms with van der Waals surface area (Å²) in [6.07, 6.45) is 1.84. The maximum Gasteiger partial charge on any atom is 0.251 e. The molecule has 0 aromatic carbocycles. The van der Waals surface area contributed by atoms with Crippen LogP contribution in [0.1, 0.15) is 33.6 Å². The van der Waals surface area contributed by atoms with Gasteiger partial charge in [-0.05, 0) is 33.6 Å². The Balaban J connectivity index is 2.54. The van der Waals surface area contributed by atoms with Crippen molar-refractivity contribution < 1.29 is 14.6 Å². The molecule has 0 spiro atoms. The Labute approximate surface area is 84.6 Å². The van der Waals surface area contributed by atoms with Crippen LogP contribution in [0.15, 0.2) is 0 Å². The van der Waals surface area contributed by atoms with Crippen molar-refractivity contribution in [1.82, 2.24) is 5.32 Å². The lowest BCUT2D eigenvalue weighted by Gasteiger charge is -2.36. The van der Waals surface area contributed by atoms with Crippen molar-refractivity contribution in [1.29, 1.82) is 0 Å². The van der Waals surface area contributed by atoms with Crippen LogP contribution in [0.2, 0.25) is 0 Å². The molecule has 0 radical (unpaired) electrons. The van der Waals surface area contributed by atoms with Gasteiger partial charge in [0.15, 0.2) is 0 Å². The average Bonchev–Trinajstić information content (AvgIpc) is 2.02. The first-order chi connectivity index (χ1) is 6.33. The number of nitrogens with one attached hydrogen (secondary N) is 1. The minimum absolute atomic E-state index is 0.324. The van der Waals surface area contributed by atoms with Gasteiger partial charge in [-0.15, -0.1) is 0 Å². The fourth-order valence-corrected chi connectivity index (χ4v) is 1.46. The SMILES string of the molecule is CC1(NC(=O)C(C)(C)O)CCCOC1. The Morgan fingerprint density at radius 1 is 1.57 bits per heavy atom. The third kappa shape index (κ3) is 2.96. The van der Waals surface area contributed by atoms with Crippen LogP contribution in [0.3, 0.4) is 0 Å². The van der Waals surface area contributed by atoms with E-state index in [-0.39, 0.29) is 11.4 Å². The van der Waals surface area contributed by atoms with E-state index in [2.05, 4.69) is 5.32 Å². The van der Waals surface area contributed by atoms with E-state index < -0.39 is 5.60 Å². The minimum atomic E-state index is -1.32. The molecular weight excluding hydrogens is 182 g/mol. The molecule has 1 amide bonds. The van der Waals surface area contributed by atoms with Gasteiger partial charge in [0.25, 0.3) is 5.91 Å². The van der Waals surface area contributed by atoms with Crippen molar-refractivity contribution >= 4 is 5.91 Å². The first kappa shape index (κ1) is 11.5. The summed E-state index contributed by atoms with van der Waals surface area (Å²) >= 11 is 0. The Morgan fingerprint density at radius 3 is 2.64 bits per heavy atom. The van der Waals surface area contributed by atoms with E-state index in [4.69, 9.17) is 4.74 Å². The van der Waals surface area contributed by atoms with E-state index in [0.717, 1.165) is 19.4 Å². The fourth-order valence-electron chi connectivity index (χ4n) is 1.46. The van der Waals surface area contributed by atoms with Gasteiger partial charge in [0, 0.05) is 6.61 Å². The van der Waals surface area contributed by atoms with E-state index >= 15 is 0 Å². The van der Waals surface area contributed by atoms with E-state index in [1.807, 2.05) is 6.92 Å². The number of hydrogen-bond donors (Lipinski definition) is 2. The van der Waals surface area contributed by atoms with Crippen LogP contribution in [0.4, 0.5) is 0 Å². The van der Waals surface area contributed by atoms with Gasteiger partial charge in [0.05, 0.1) is 12.1 Å². The Bertz CT molecular complexity index is 214. The van der Waals surface area contributed by atoms with Gasteiger partial charge < -0.3 is 15.2 Å². The molecule has 0 aromatic heterocycles. The minimum Gasteiger partial charge on any atom is -0.381 e. The monoisotopic (exact) mass is 201 g/mol. The molecule has 2 N–H and O–H groups in total. The second kappa shape index (κ2) is 3.87. The van der Waals surface area contributed by atoms with Crippen LogP contribution in [-0.4, -0.2) is 35.4 Å². The zero-order valence-corrected chi connectivity index (χ0v) is 9.09. The number of rotatable bonds is 2. The zero-order chi connectivity index (χ0) is 10.8. The highest BCUT2D eigenvalue weighted by Gasteiger charge is 2.34. The maximum absolute atomic E-state index is 11.5. The van der Waals surface area contributed by atoms with Gasteiger partial charge in [0.2, 0.25) is 0 Å². The summed E-state index contributed by atoms with van der Waals surface area (Å²) in [5.41, 5.74) is -1.64. The molecule has 4 nitrogen and oxygen atoms in total. The lowest BCUT2D eigenvalue weighted by Crippen LogP contribution is -2.56. The summed E-state index contributed by atoms with van der Waals surface area (Å²) < 4.78 is 5.30. The highest BCUT2D eigenvalue weighted by Crippen LogP contribution is 2.19. The molecule has 4 heteroatoms. The molecule has 82 valence electrons. The Kier molecular flexibility index (Phi) is 3.17. The van der Waals surface area contributed by atoms with E-state index in [1.165, 1.54) is 13.8 Å². The number of carbonyl (C=O) groups is 1. The number of hydrogen-bond acceptors (Lipinski definition) is 3. The second-order valence-corrected chi connectivity index (χ2v) is 4.73. The van der Waals surface area contributed by atoms with Crippen molar-refractivity contribution in [3.8, 4) is 0 Å². The molecule has 0 aliphatic carbocycles. The Morgan fingerprint density at radius 2 is 2.21 bits per heavy atom. The van der Waals surface area contributed by atoms with Crippen LogP contribution in [0.5, 0.6) is 0 Å². The largest absolute Gasteiger partial charge is 0.381 e. The van der Waals surface area contributed by atoms with Crippen molar-refractivity contribution in [2.45, 2.75) is 44.8 Å². The van der Waals surface area contributed by atoms with E-state index in [0.29, 0.717) is 6.61 Å². The molecule has 0 saturated carbocycles. The zero-order valence-electron chi connectivity index (χ0n) is 9.09. The van der Waals surface area contributed by atoms with Crippen LogP contribution in [0, 0.1) is 0 Å². The molecule has 1 atom stereocenters. The van der Waals surface area contributed by atoms with Gasteiger partial charge in [-0.3, -0.25) is 4.79 Å². The van der Waals surface area contributed by atoms with Gasteiger partial charge >= 0.3 is 0 Å². The van der Waals surface area contributed by atoms with Crippen molar-refractivity contribution in [3.63, 3.8) is 0 Å². The van der Waals surface area contributed by atoms with Crippen molar-refractivity contribution in [3.05, 3.63) is 0 Å². The number of aliphatic hydroxyl groups is 1. The van der Waals surface area contributed by atoms with Crippen molar-refractivity contribution in [2.75, 3.05) is 13.2 Å². The van der Waals surface area contributed by atoms with Gasteiger partial charge in [-0.25, -0.2) is 0 Å². The highest BCUT2D eigenvalue weighted by atomic mass is 16.5. The average molecular weight is 201 g/mol. The molecule has 1 rings (SSSR count). The van der Waals surface area contributed by atoms with Crippen LogP contribution >= 0.6 is 0 Å². The van der Waals surface area contributed by atoms with Gasteiger partial charge in [-0.1, -0.05) is 0 Å². The number of amides is 1. The summed E-state index contributed by atoms with van der Waals surface area (Å²) in [7, 11) is 0. The highest BCUT2D eigenvalue weighted by molar-refractivity contribution is 5.84. The maximum atomic E-state index is 11.5. The molecule has 1 aliphatic heterocycles. The molecule has 1 saturated heterocycles. The Hall–Kier alpha value is -0.610. The smallest absolute Gasteiger partial charge is 0.251 e. The molecule has 1 unspecified atom stereocenters. The van der Waals surface area contributed by atoms with Crippen molar-refractivity contribution in [2.24, 2.45) is 0 Å². The molecule has 1 heterocycles. The first-order valence-corrected chi connectivity index (χ1v) is 4.96. The molecule has 0 bridgehead atoms. The summed E-state index contributed by atoms with van der Waals surface area (Å²) in [4.78, 5) is 11.5. The lowest BCUT2D eigenvalue weighted by molar-refractivity contribution is -0.140. The van der Waals surface area contributed by atoms with Crippen LogP contribution in [0.25, 0.3) is 0 Å². The third-order valence-electron chi connectivity index (χ3n) is 2.41. The molecular formula is C10H19NO3. The standard InChI is InChI=1S/C10H19NO3/c1-9(2,13)8(12)11-10(3)5-4-6-14-7-10/h13H,4-7H2,1-3H3,(H,11,12). The predicted molar refractivity (Wildman–Crippen MR) is 52.9 cm³/mol. The first-order valence-electron chi connectivity index (χ1n) is 4.96. The summed E-state index contributed by atoms with van der Waals surface area (Å²) in [5, 5.41) is 12.3. The topological polar surface area (TPSA) is 58.6 Å². The number of ether oxygens (including phenoxy) is 1. The van der Waals surface area contributed by atoms with Crippen LogP contribution in [-0.2, 0) is 9.53 Å². The predicted octanol–water partition coefficient (Wildman–Crippen LogP) is 0.443. The molecule has 14 heavy (non-hydrogen) atoms. The lowest BCUT2D eigenvalue weighted by atomic mass is 9.93. The molecule has 1 fully saturated rings. The van der Waals surface area contributed by atoms with E-state index in [1.54, 1.807) is 0 Å². The quantitative estimate of drug-likeness (QED) is 0.681. The van der Waals surface area contributed by atoms with Gasteiger partial charge in [-0.2, -0.15) is 0 Å². The normalized spacial score (nSPS) is 28.6. The number of carbonyl (C=O) groups excluding carboxylic acids is 1. The molecule has 0 aromatic rings. The fraction of sp³-hybridized carbons (Fsp3) is 0.900. The third-order valence-corrected chi connectivity index (χ3v) is 2.41. The summed E-state index contributed by atoms with van der Waals surface area (Å²) in [5.74, 6) is -0.342.